The number of amides is 4. The largest absolute Gasteiger partial charge is 0.278 e. The van der Waals surface area contributed by atoms with E-state index < -0.39 is 23.6 Å². The minimum Gasteiger partial charge on any atom is -0.278 e. The first-order valence-corrected chi connectivity index (χ1v) is 8.46. The maximum absolute atomic E-state index is 12.7. The van der Waals surface area contributed by atoms with Crippen molar-refractivity contribution in [2.45, 2.75) is 13.0 Å². The second-order valence-electron chi connectivity index (χ2n) is 6.63. The van der Waals surface area contributed by atoms with E-state index in [2.05, 4.69) is 10.4 Å². The van der Waals surface area contributed by atoms with E-state index in [1.165, 1.54) is 13.1 Å². The zero-order valence-electron chi connectivity index (χ0n) is 14.3. The molecule has 0 aromatic heterocycles. The number of nitrogens with zero attached hydrogens (tertiary/aromatic N) is 3. The van der Waals surface area contributed by atoms with Crippen molar-refractivity contribution < 1.29 is 19.2 Å². The molecule has 134 valence electrons. The first-order chi connectivity index (χ1) is 12.5. The summed E-state index contributed by atoms with van der Waals surface area (Å²) in [5, 5.41) is 2.07. The molecule has 1 aromatic carbocycles. The van der Waals surface area contributed by atoms with Crippen LogP contribution in [0.25, 0.3) is 0 Å². The Morgan fingerprint density at radius 2 is 1.77 bits per heavy atom. The third-order valence-corrected chi connectivity index (χ3v) is 4.88. The van der Waals surface area contributed by atoms with Crippen molar-refractivity contribution in [3.63, 3.8) is 0 Å². The normalized spacial score (nSPS) is 20.4. The standard InChI is InChI=1S/C18H18N4O4/c1-20-15(23)8-12(16(20)24)10-22-17(25)13-4-3-11(7-14(13)18(22)26)9-21-6-2-5-19-21/h3-4,7-8,19H,2,5-6,9-10H2,1H3. The highest BCUT2D eigenvalue weighted by Gasteiger charge is 2.39. The van der Waals surface area contributed by atoms with E-state index in [-0.39, 0.29) is 12.1 Å². The molecule has 1 saturated heterocycles. The van der Waals surface area contributed by atoms with Gasteiger partial charge in [-0.15, -0.1) is 0 Å². The van der Waals surface area contributed by atoms with Gasteiger partial charge in [0.25, 0.3) is 23.6 Å². The predicted octanol–water partition coefficient (Wildman–Crippen LogP) is -0.0821. The lowest BCUT2D eigenvalue weighted by atomic mass is 10.1. The molecular weight excluding hydrogens is 336 g/mol. The van der Waals surface area contributed by atoms with Crippen molar-refractivity contribution >= 4 is 23.6 Å². The number of fused-ring (bicyclic) bond motifs is 1. The average molecular weight is 354 g/mol. The maximum atomic E-state index is 12.7. The fourth-order valence-corrected chi connectivity index (χ4v) is 3.43. The lowest BCUT2D eigenvalue weighted by molar-refractivity contribution is -0.135. The molecule has 1 aromatic rings. The summed E-state index contributed by atoms with van der Waals surface area (Å²) in [5.74, 6) is -1.79. The molecule has 3 heterocycles. The van der Waals surface area contributed by atoms with Crippen LogP contribution in [0.5, 0.6) is 0 Å². The zero-order chi connectivity index (χ0) is 18.4. The minimum absolute atomic E-state index is 0.147. The number of hydrazine groups is 1. The fourth-order valence-electron chi connectivity index (χ4n) is 3.43. The van der Waals surface area contributed by atoms with Crippen molar-refractivity contribution in [3.05, 3.63) is 46.5 Å². The second-order valence-corrected chi connectivity index (χ2v) is 6.63. The molecule has 0 bridgehead atoms. The van der Waals surface area contributed by atoms with Crippen LogP contribution in [0, 0.1) is 0 Å². The van der Waals surface area contributed by atoms with Crippen LogP contribution in [0.2, 0.25) is 0 Å². The van der Waals surface area contributed by atoms with E-state index in [4.69, 9.17) is 0 Å². The van der Waals surface area contributed by atoms with Gasteiger partial charge < -0.3 is 0 Å². The molecule has 8 nitrogen and oxygen atoms in total. The lowest BCUT2D eigenvalue weighted by Crippen LogP contribution is -2.34. The SMILES string of the molecule is CN1C(=O)C=C(CN2C(=O)c3ccc(CN4CCCN4)cc3C2=O)C1=O. The highest BCUT2D eigenvalue weighted by molar-refractivity contribution is 6.23. The van der Waals surface area contributed by atoms with E-state index in [9.17, 15) is 19.2 Å². The quantitative estimate of drug-likeness (QED) is 0.761. The Morgan fingerprint density at radius 3 is 2.42 bits per heavy atom. The summed E-state index contributed by atoms with van der Waals surface area (Å²) in [5.41, 5.74) is 5.01. The molecular formula is C18H18N4O4. The number of hydrogen-bond acceptors (Lipinski definition) is 6. The monoisotopic (exact) mass is 354 g/mol. The molecule has 0 radical (unpaired) electrons. The molecule has 1 N–H and O–H groups in total. The smallest absolute Gasteiger partial charge is 0.261 e. The number of imide groups is 2. The van der Waals surface area contributed by atoms with Crippen LogP contribution in [0.3, 0.4) is 0 Å². The number of rotatable bonds is 4. The second kappa shape index (κ2) is 6.15. The van der Waals surface area contributed by atoms with Crippen LogP contribution < -0.4 is 5.43 Å². The van der Waals surface area contributed by atoms with Gasteiger partial charge >= 0.3 is 0 Å². The van der Waals surface area contributed by atoms with Gasteiger partial charge in [0.1, 0.15) is 0 Å². The van der Waals surface area contributed by atoms with Gasteiger partial charge in [-0.25, -0.2) is 5.01 Å². The summed E-state index contributed by atoms with van der Waals surface area (Å²) in [6.07, 6.45) is 2.25. The minimum atomic E-state index is -0.479. The van der Waals surface area contributed by atoms with Gasteiger partial charge in [0.2, 0.25) is 0 Å². The molecule has 3 aliphatic rings. The van der Waals surface area contributed by atoms with E-state index in [1.807, 2.05) is 6.07 Å². The summed E-state index contributed by atoms with van der Waals surface area (Å²) in [4.78, 5) is 50.9. The Balaban J connectivity index is 1.55. The Labute approximate surface area is 150 Å². The summed E-state index contributed by atoms with van der Waals surface area (Å²) < 4.78 is 0. The average Bonchev–Trinajstić information content (AvgIpc) is 3.28. The van der Waals surface area contributed by atoms with Crippen molar-refractivity contribution in [1.29, 1.82) is 0 Å². The van der Waals surface area contributed by atoms with Crippen LogP contribution in [-0.2, 0) is 16.1 Å². The Morgan fingerprint density at radius 1 is 1.00 bits per heavy atom. The van der Waals surface area contributed by atoms with Gasteiger partial charge in [-0.3, -0.25) is 34.4 Å². The summed E-state index contributed by atoms with van der Waals surface area (Å²) >= 11 is 0. The third kappa shape index (κ3) is 2.63. The first-order valence-electron chi connectivity index (χ1n) is 8.46. The maximum Gasteiger partial charge on any atom is 0.261 e. The van der Waals surface area contributed by atoms with Crippen LogP contribution in [-0.4, -0.2) is 65.1 Å². The van der Waals surface area contributed by atoms with Crippen LogP contribution in [0.4, 0.5) is 0 Å². The number of nitrogens with one attached hydrogen (secondary N) is 1. The van der Waals surface area contributed by atoms with Gasteiger partial charge in [-0.2, -0.15) is 0 Å². The predicted molar refractivity (Wildman–Crippen MR) is 90.7 cm³/mol. The highest BCUT2D eigenvalue weighted by atomic mass is 16.2. The number of carbonyl (C=O) groups excluding carboxylic acids is 4. The Kier molecular flexibility index (Phi) is 3.93. The lowest BCUT2D eigenvalue weighted by Gasteiger charge is -2.15. The third-order valence-electron chi connectivity index (χ3n) is 4.88. The van der Waals surface area contributed by atoms with Crippen LogP contribution in [0.15, 0.2) is 29.8 Å². The summed E-state index contributed by atoms with van der Waals surface area (Å²) in [6, 6.07) is 5.23. The number of carbonyl (C=O) groups is 4. The molecule has 0 saturated carbocycles. The highest BCUT2D eigenvalue weighted by Crippen LogP contribution is 2.26. The van der Waals surface area contributed by atoms with E-state index in [0.717, 1.165) is 34.9 Å². The Hall–Kier alpha value is -2.84. The molecule has 8 heteroatoms. The zero-order valence-corrected chi connectivity index (χ0v) is 14.3. The topological polar surface area (TPSA) is 90.0 Å². The van der Waals surface area contributed by atoms with Crippen LogP contribution in [0.1, 0.15) is 32.7 Å². The molecule has 0 aliphatic carbocycles. The molecule has 3 aliphatic heterocycles. The van der Waals surface area contributed by atoms with Gasteiger partial charge in [0, 0.05) is 38.3 Å². The molecule has 4 rings (SSSR count). The molecule has 0 atom stereocenters. The van der Waals surface area contributed by atoms with Crippen molar-refractivity contribution in [3.8, 4) is 0 Å². The van der Waals surface area contributed by atoms with E-state index >= 15 is 0 Å². The van der Waals surface area contributed by atoms with Gasteiger partial charge in [0.05, 0.1) is 17.7 Å². The van der Waals surface area contributed by atoms with Gasteiger partial charge in [-0.1, -0.05) is 6.07 Å². The molecule has 26 heavy (non-hydrogen) atoms. The Bertz CT molecular complexity index is 870. The first kappa shape index (κ1) is 16.6. The molecule has 0 spiro atoms. The molecule has 0 unspecified atom stereocenters. The molecule has 1 fully saturated rings. The summed E-state index contributed by atoms with van der Waals surface area (Å²) in [6.45, 7) is 2.34. The van der Waals surface area contributed by atoms with Crippen molar-refractivity contribution in [2.24, 2.45) is 0 Å². The van der Waals surface area contributed by atoms with E-state index in [1.54, 1.807) is 12.1 Å². The van der Waals surface area contributed by atoms with Gasteiger partial charge in [0.15, 0.2) is 0 Å². The number of benzene rings is 1. The number of hydrogen-bond donors (Lipinski definition) is 1. The summed E-state index contributed by atoms with van der Waals surface area (Å²) in [7, 11) is 1.37. The fraction of sp³-hybridized carbons (Fsp3) is 0.333. The molecule has 4 amide bonds. The van der Waals surface area contributed by atoms with Crippen LogP contribution >= 0.6 is 0 Å². The van der Waals surface area contributed by atoms with Gasteiger partial charge in [-0.05, 0) is 24.1 Å². The van der Waals surface area contributed by atoms with Crippen molar-refractivity contribution in [2.75, 3.05) is 26.7 Å². The van der Waals surface area contributed by atoms with Crippen molar-refractivity contribution in [1.82, 2.24) is 20.2 Å². The van der Waals surface area contributed by atoms with E-state index in [0.29, 0.717) is 17.7 Å². The number of likely N-dealkylation sites (N-methyl/N-ethyl adjacent to an activating group) is 1.